The Balaban J connectivity index is 1.74. The third-order valence-corrected chi connectivity index (χ3v) is 4.00. The Morgan fingerprint density at radius 3 is 3.00 bits per heavy atom. The van der Waals surface area contributed by atoms with E-state index in [0.717, 1.165) is 31.5 Å². The Labute approximate surface area is 130 Å². The lowest BCUT2D eigenvalue weighted by Crippen LogP contribution is -2.31. The lowest BCUT2D eigenvalue weighted by Gasteiger charge is -2.22. The molecule has 0 spiro atoms. The number of hydrogen-bond donors (Lipinski definition) is 1. The zero-order chi connectivity index (χ0) is 15.4. The van der Waals surface area contributed by atoms with Crippen LogP contribution in [0.25, 0.3) is 0 Å². The van der Waals surface area contributed by atoms with E-state index in [-0.39, 0.29) is 11.9 Å². The molecule has 1 N–H and O–H groups in total. The number of amides is 1. The molecule has 0 aliphatic heterocycles. The fraction of sp³-hybridized carbons (Fsp3) is 0.412. The predicted octanol–water partition coefficient (Wildman–Crippen LogP) is 2.34. The molecule has 1 aliphatic rings. The average molecular weight is 299 g/mol. The first kappa shape index (κ1) is 14.8. The molecule has 116 valence electrons. The summed E-state index contributed by atoms with van der Waals surface area (Å²) in [6, 6.07) is 9.32. The first-order valence-electron chi connectivity index (χ1n) is 7.69. The Morgan fingerprint density at radius 1 is 1.41 bits per heavy atom. The van der Waals surface area contributed by atoms with Crippen molar-refractivity contribution in [1.82, 2.24) is 15.1 Å². The summed E-state index contributed by atoms with van der Waals surface area (Å²) >= 11 is 0. The molecule has 5 nitrogen and oxygen atoms in total. The molecule has 1 aliphatic carbocycles. The van der Waals surface area contributed by atoms with Crippen molar-refractivity contribution in [2.75, 3.05) is 13.7 Å². The van der Waals surface area contributed by atoms with E-state index in [4.69, 9.17) is 4.74 Å². The van der Waals surface area contributed by atoms with Crippen molar-refractivity contribution in [2.24, 2.45) is 0 Å². The predicted molar refractivity (Wildman–Crippen MR) is 83.7 cm³/mol. The minimum absolute atomic E-state index is 0.000232. The first-order valence-corrected chi connectivity index (χ1v) is 7.69. The van der Waals surface area contributed by atoms with Gasteiger partial charge >= 0.3 is 0 Å². The number of carbonyl (C=O) groups excluding carboxylic acids is 1. The van der Waals surface area contributed by atoms with E-state index in [1.165, 1.54) is 5.56 Å². The maximum absolute atomic E-state index is 12.3. The van der Waals surface area contributed by atoms with Crippen molar-refractivity contribution in [1.29, 1.82) is 0 Å². The van der Waals surface area contributed by atoms with Crippen LogP contribution in [0.3, 0.4) is 0 Å². The summed E-state index contributed by atoms with van der Waals surface area (Å²) in [5.41, 5.74) is 2.93. The lowest BCUT2D eigenvalue weighted by atomic mass is 9.93. The minimum atomic E-state index is -0.0371. The Bertz CT molecular complexity index is 637. The van der Waals surface area contributed by atoms with Gasteiger partial charge in [0.25, 0.3) is 5.91 Å². The van der Waals surface area contributed by atoms with Gasteiger partial charge < -0.3 is 10.1 Å². The van der Waals surface area contributed by atoms with Crippen molar-refractivity contribution in [3.8, 4) is 0 Å². The average Bonchev–Trinajstić information content (AvgIpc) is 2.98. The van der Waals surface area contributed by atoms with Crippen LogP contribution in [-0.4, -0.2) is 29.4 Å². The van der Waals surface area contributed by atoms with Crippen LogP contribution in [0.2, 0.25) is 0 Å². The molecule has 22 heavy (non-hydrogen) atoms. The number of methoxy groups -OCH3 is 1. The molecule has 2 aromatic rings. The Hall–Kier alpha value is -2.14. The summed E-state index contributed by atoms with van der Waals surface area (Å²) in [5, 5.41) is 7.75. The van der Waals surface area contributed by atoms with Crippen molar-refractivity contribution < 1.29 is 9.53 Å². The highest BCUT2D eigenvalue weighted by molar-refractivity contribution is 5.94. The van der Waals surface area contributed by atoms with Crippen LogP contribution in [-0.2, 0) is 17.7 Å². The largest absolute Gasteiger partial charge is 0.383 e. The highest BCUT2D eigenvalue weighted by Gasteiger charge is 2.25. The maximum atomic E-state index is 12.3. The van der Waals surface area contributed by atoms with E-state index < -0.39 is 0 Å². The third kappa shape index (κ3) is 3.20. The van der Waals surface area contributed by atoms with Crippen LogP contribution in [0.4, 0.5) is 0 Å². The first-order chi connectivity index (χ1) is 10.8. The fourth-order valence-corrected chi connectivity index (χ4v) is 2.87. The lowest BCUT2D eigenvalue weighted by molar-refractivity contribution is 0.0931. The van der Waals surface area contributed by atoms with Gasteiger partial charge in [0.2, 0.25) is 0 Å². The number of ether oxygens (including phenoxy) is 1. The SMILES string of the molecule is COCCn1cc2c(n1)C(NC(=O)c1ccccc1)CCC2. The smallest absolute Gasteiger partial charge is 0.251 e. The maximum Gasteiger partial charge on any atom is 0.251 e. The van der Waals surface area contributed by atoms with E-state index in [1.807, 2.05) is 35.0 Å². The minimum Gasteiger partial charge on any atom is -0.383 e. The van der Waals surface area contributed by atoms with E-state index in [9.17, 15) is 4.79 Å². The summed E-state index contributed by atoms with van der Waals surface area (Å²) in [7, 11) is 1.69. The van der Waals surface area contributed by atoms with Gasteiger partial charge in [0.15, 0.2) is 0 Å². The molecule has 0 saturated carbocycles. The van der Waals surface area contributed by atoms with Gasteiger partial charge in [-0.25, -0.2) is 0 Å². The summed E-state index contributed by atoms with van der Waals surface area (Å²) in [6.07, 6.45) is 5.12. The van der Waals surface area contributed by atoms with Crippen molar-refractivity contribution in [3.05, 3.63) is 53.3 Å². The van der Waals surface area contributed by atoms with Gasteiger partial charge in [0, 0.05) is 18.9 Å². The van der Waals surface area contributed by atoms with Crippen LogP contribution in [0.15, 0.2) is 36.5 Å². The van der Waals surface area contributed by atoms with Gasteiger partial charge in [-0.05, 0) is 37.0 Å². The summed E-state index contributed by atoms with van der Waals surface area (Å²) in [5.74, 6) is -0.0371. The second-order valence-corrected chi connectivity index (χ2v) is 5.58. The van der Waals surface area contributed by atoms with Gasteiger partial charge in [-0.1, -0.05) is 18.2 Å². The quantitative estimate of drug-likeness (QED) is 0.922. The second kappa shape index (κ2) is 6.75. The highest BCUT2D eigenvalue weighted by atomic mass is 16.5. The molecule has 1 heterocycles. The molecule has 3 rings (SSSR count). The number of rotatable bonds is 5. The van der Waals surface area contributed by atoms with Gasteiger partial charge in [0.05, 0.1) is 24.9 Å². The van der Waals surface area contributed by atoms with E-state index >= 15 is 0 Å². The van der Waals surface area contributed by atoms with Gasteiger partial charge in [-0.15, -0.1) is 0 Å². The Kier molecular flexibility index (Phi) is 4.53. The van der Waals surface area contributed by atoms with Gasteiger partial charge in [-0.2, -0.15) is 5.10 Å². The monoisotopic (exact) mass is 299 g/mol. The summed E-state index contributed by atoms with van der Waals surface area (Å²) in [4.78, 5) is 12.3. The van der Waals surface area contributed by atoms with E-state index in [0.29, 0.717) is 12.2 Å². The number of nitrogens with one attached hydrogen (secondary N) is 1. The molecule has 5 heteroatoms. The van der Waals surface area contributed by atoms with Crippen LogP contribution in [0.1, 0.15) is 40.5 Å². The molecule has 1 aromatic carbocycles. The van der Waals surface area contributed by atoms with Crippen LogP contribution < -0.4 is 5.32 Å². The van der Waals surface area contributed by atoms with Crippen LogP contribution in [0, 0.1) is 0 Å². The number of fused-ring (bicyclic) bond motifs is 1. The third-order valence-electron chi connectivity index (χ3n) is 4.00. The molecule has 0 fully saturated rings. The second-order valence-electron chi connectivity index (χ2n) is 5.58. The molecule has 0 radical (unpaired) electrons. The number of aryl methyl sites for hydroxylation is 1. The van der Waals surface area contributed by atoms with Crippen LogP contribution in [0.5, 0.6) is 0 Å². The molecule has 1 aromatic heterocycles. The Morgan fingerprint density at radius 2 is 2.23 bits per heavy atom. The fourth-order valence-electron chi connectivity index (χ4n) is 2.87. The number of carbonyl (C=O) groups is 1. The molecule has 0 saturated heterocycles. The molecular formula is C17H21N3O2. The number of benzene rings is 1. The molecule has 1 unspecified atom stereocenters. The summed E-state index contributed by atoms with van der Waals surface area (Å²) < 4.78 is 7.01. The zero-order valence-electron chi connectivity index (χ0n) is 12.8. The molecule has 1 atom stereocenters. The molecule has 0 bridgehead atoms. The highest BCUT2D eigenvalue weighted by Crippen LogP contribution is 2.28. The van der Waals surface area contributed by atoms with Gasteiger partial charge in [0.1, 0.15) is 0 Å². The number of nitrogens with zero attached hydrogens (tertiary/aromatic N) is 2. The number of aromatic nitrogens is 2. The van der Waals surface area contributed by atoms with E-state index in [2.05, 4.69) is 16.6 Å². The number of hydrogen-bond acceptors (Lipinski definition) is 3. The van der Waals surface area contributed by atoms with Crippen molar-refractivity contribution in [2.45, 2.75) is 31.8 Å². The normalized spacial score (nSPS) is 17.0. The zero-order valence-corrected chi connectivity index (χ0v) is 12.8. The molecule has 1 amide bonds. The van der Waals surface area contributed by atoms with Gasteiger partial charge in [-0.3, -0.25) is 9.48 Å². The van der Waals surface area contributed by atoms with E-state index in [1.54, 1.807) is 7.11 Å². The topological polar surface area (TPSA) is 56.1 Å². The van der Waals surface area contributed by atoms with Crippen LogP contribution >= 0.6 is 0 Å². The molecular weight excluding hydrogens is 278 g/mol. The standard InChI is InChI=1S/C17H21N3O2/c1-22-11-10-20-12-14-8-5-9-15(16(14)19-20)18-17(21)13-6-3-2-4-7-13/h2-4,6-7,12,15H,5,8-11H2,1H3,(H,18,21). The summed E-state index contributed by atoms with van der Waals surface area (Å²) in [6.45, 7) is 1.38. The van der Waals surface area contributed by atoms with Crippen molar-refractivity contribution >= 4 is 5.91 Å². The van der Waals surface area contributed by atoms with Crippen molar-refractivity contribution in [3.63, 3.8) is 0 Å².